The molecular formula is C36H56O7. The largest absolute Gasteiger partial charge is 0.481 e. The number of carboxylic acid groups (broad SMARTS) is 2. The monoisotopic (exact) mass is 600 g/mol. The molecule has 0 aliphatic heterocycles. The molecule has 3 N–H and O–H groups in total. The van der Waals surface area contributed by atoms with Gasteiger partial charge in [0.25, 0.3) is 0 Å². The molecule has 7 nitrogen and oxygen atoms in total. The molecule has 0 heterocycles. The summed E-state index contributed by atoms with van der Waals surface area (Å²) < 4.78 is 6.00. The van der Waals surface area contributed by atoms with Crippen molar-refractivity contribution in [1.82, 2.24) is 0 Å². The van der Waals surface area contributed by atoms with Gasteiger partial charge in [0.1, 0.15) is 6.10 Å². The lowest BCUT2D eigenvalue weighted by molar-refractivity contribution is -0.174. The molecular weight excluding hydrogens is 544 g/mol. The molecule has 2 fully saturated rings. The number of hydrogen-bond donors (Lipinski definition) is 3. The number of fused-ring (bicyclic) bond motifs is 4. The van der Waals surface area contributed by atoms with E-state index in [1.54, 1.807) is 11.1 Å². The van der Waals surface area contributed by atoms with E-state index in [-0.39, 0.29) is 46.0 Å². The zero-order valence-electron chi connectivity index (χ0n) is 27.8. The Bertz CT molecular complexity index is 1190. The summed E-state index contributed by atoms with van der Waals surface area (Å²) in [5.41, 5.74) is 2.43. The maximum Gasteiger partial charge on any atom is 0.309 e. The average Bonchev–Trinajstić information content (AvgIpc) is 3.13. The van der Waals surface area contributed by atoms with E-state index in [0.717, 1.165) is 57.8 Å². The number of allylic oxidation sites excluding steroid dienone is 4. The fraction of sp³-hybridized carbons (Fsp3) is 0.806. The first-order valence-electron chi connectivity index (χ1n) is 16.5. The van der Waals surface area contributed by atoms with Crippen LogP contribution < -0.4 is 0 Å². The van der Waals surface area contributed by atoms with Gasteiger partial charge < -0.3 is 20.1 Å². The second-order valence-corrected chi connectivity index (χ2v) is 16.2. The molecule has 0 aromatic rings. The number of carbonyl (C=O) groups is 3. The normalized spacial score (nSPS) is 36.8. The molecule has 7 heteroatoms. The van der Waals surface area contributed by atoms with Crippen molar-refractivity contribution in [3.63, 3.8) is 0 Å². The molecule has 43 heavy (non-hydrogen) atoms. The molecule has 0 unspecified atom stereocenters. The number of rotatable bonds is 10. The van der Waals surface area contributed by atoms with Gasteiger partial charge in [-0.15, -0.1) is 0 Å². The van der Waals surface area contributed by atoms with Gasteiger partial charge in [0.15, 0.2) is 0 Å². The molecule has 0 aromatic heterocycles. The minimum Gasteiger partial charge on any atom is -0.481 e. The Kier molecular flexibility index (Phi) is 9.14. The Hall–Kier alpha value is -2.15. The molecule has 8 atom stereocenters. The Balaban J connectivity index is 1.57. The molecule has 4 rings (SSSR count). The number of hydrogen-bond acceptors (Lipinski definition) is 5. The first-order chi connectivity index (χ1) is 19.8. The second kappa shape index (κ2) is 11.7. The predicted octanol–water partition coefficient (Wildman–Crippen LogP) is 7.71. The average molecular weight is 601 g/mol. The van der Waals surface area contributed by atoms with Gasteiger partial charge in [-0.25, -0.2) is 0 Å². The Labute approximate surface area is 258 Å². The first kappa shape index (κ1) is 33.7. The summed E-state index contributed by atoms with van der Waals surface area (Å²) in [5, 5.41) is 29.9. The van der Waals surface area contributed by atoms with E-state index in [4.69, 9.17) is 9.84 Å². The van der Waals surface area contributed by atoms with Crippen molar-refractivity contribution in [1.29, 1.82) is 0 Å². The van der Waals surface area contributed by atoms with Gasteiger partial charge in [-0.05, 0) is 113 Å². The Morgan fingerprint density at radius 3 is 2.23 bits per heavy atom. The summed E-state index contributed by atoms with van der Waals surface area (Å²) in [6, 6.07) is 0. The summed E-state index contributed by atoms with van der Waals surface area (Å²) in [6.07, 6.45) is 10.2. The van der Waals surface area contributed by atoms with Crippen LogP contribution >= 0.6 is 0 Å². The number of esters is 1. The highest BCUT2D eigenvalue weighted by molar-refractivity contribution is 5.74. The van der Waals surface area contributed by atoms with Crippen LogP contribution in [0.5, 0.6) is 0 Å². The van der Waals surface area contributed by atoms with E-state index >= 15 is 0 Å². The molecule has 0 saturated heterocycles. The number of aliphatic hydroxyl groups is 1. The van der Waals surface area contributed by atoms with Crippen molar-refractivity contribution < 1.29 is 34.4 Å². The van der Waals surface area contributed by atoms with Crippen LogP contribution in [-0.2, 0) is 19.1 Å². The highest BCUT2D eigenvalue weighted by Gasteiger charge is 2.64. The highest BCUT2D eigenvalue weighted by atomic mass is 16.5. The summed E-state index contributed by atoms with van der Waals surface area (Å²) >= 11 is 0. The summed E-state index contributed by atoms with van der Waals surface area (Å²) in [7, 11) is 0. The van der Waals surface area contributed by atoms with Crippen molar-refractivity contribution in [2.75, 3.05) is 0 Å². The summed E-state index contributed by atoms with van der Waals surface area (Å²) in [5.74, 6) is -2.16. The molecule has 2 saturated carbocycles. The quantitative estimate of drug-likeness (QED) is 0.173. The molecule has 4 aliphatic rings. The predicted molar refractivity (Wildman–Crippen MR) is 166 cm³/mol. The fourth-order valence-corrected chi connectivity index (χ4v) is 10.5. The number of carboxylic acids is 2. The van der Waals surface area contributed by atoms with Crippen LogP contribution in [0.15, 0.2) is 22.8 Å². The van der Waals surface area contributed by atoms with Gasteiger partial charge in [0.05, 0.1) is 24.4 Å². The van der Waals surface area contributed by atoms with Gasteiger partial charge in [0.2, 0.25) is 0 Å². The zero-order chi connectivity index (χ0) is 32.2. The van der Waals surface area contributed by atoms with E-state index in [1.807, 2.05) is 0 Å². The van der Waals surface area contributed by atoms with Crippen LogP contribution in [-0.4, -0.2) is 44.9 Å². The van der Waals surface area contributed by atoms with Gasteiger partial charge in [-0.1, -0.05) is 57.4 Å². The van der Waals surface area contributed by atoms with E-state index in [2.05, 4.69) is 54.5 Å². The number of aliphatic carboxylic acids is 2. The SMILES string of the molecule is CC(C)=CCC[C@@H](C(=O)O)[C@H]1CC[C@@]2(C)C3=C(CC[C@]12C)[C@@]1(C)CC[C@@H](OC(=O)C[C@@](C)(O)CC(=O)O)C(C)(C)[C@@H]1CC3. The van der Waals surface area contributed by atoms with E-state index < -0.39 is 29.9 Å². The summed E-state index contributed by atoms with van der Waals surface area (Å²) in [6.45, 7) is 17.2. The molecule has 242 valence electrons. The molecule has 0 radical (unpaired) electrons. The third-order valence-corrected chi connectivity index (χ3v) is 12.9. The van der Waals surface area contributed by atoms with Crippen molar-refractivity contribution in [2.24, 2.45) is 39.4 Å². The van der Waals surface area contributed by atoms with Gasteiger partial charge in [0, 0.05) is 5.41 Å². The number of ether oxygens (including phenoxy) is 1. The lowest BCUT2D eigenvalue weighted by Crippen LogP contribution is -2.56. The van der Waals surface area contributed by atoms with Crippen LogP contribution in [0.4, 0.5) is 0 Å². The van der Waals surface area contributed by atoms with E-state index in [1.165, 1.54) is 12.5 Å². The van der Waals surface area contributed by atoms with Gasteiger partial charge in [-0.3, -0.25) is 14.4 Å². The Morgan fingerprint density at radius 1 is 0.953 bits per heavy atom. The molecule has 0 spiro atoms. The molecule has 0 bridgehead atoms. The standard InChI is InChI=1S/C36H56O7/c1-22(2)10-9-11-23(31(40)41)24-14-18-36(8)26-12-13-27-32(3,4)28(43-30(39)21-33(5,42)20-29(37)38)16-17-34(27,6)25(26)15-19-35(24,36)7/h10,23-24,27-28,42H,9,11-21H2,1-8H3,(H,37,38)(H,40,41)/t23-,24-,27+,28-,33+,34-,35-,36+/m1/s1. The lowest BCUT2D eigenvalue weighted by atomic mass is 9.43. The van der Waals surface area contributed by atoms with Crippen molar-refractivity contribution in [3.8, 4) is 0 Å². The molecule has 4 aliphatic carbocycles. The minimum atomic E-state index is -1.64. The van der Waals surface area contributed by atoms with Crippen LogP contribution in [0.3, 0.4) is 0 Å². The maximum absolute atomic E-state index is 12.9. The zero-order valence-corrected chi connectivity index (χ0v) is 27.8. The van der Waals surface area contributed by atoms with Crippen molar-refractivity contribution in [3.05, 3.63) is 22.8 Å². The summed E-state index contributed by atoms with van der Waals surface area (Å²) in [4.78, 5) is 36.6. The lowest BCUT2D eigenvalue weighted by Gasteiger charge is -2.62. The molecule has 0 amide bonds. The van der Waals surface area contributed by atoms with Gasteiger partial charge in [-0.2, -0.15) is 0 Å². The topological polar surface area (TPSA) is 121 Å². The van der Waals surface area contributed by atoms with Crippen LogP contribution in [0.2, 0.25) is 0 Å². The maximum atomic E-state index is 12.9. The van der Waals surface area contributed by atoms with E-state index in [0.29, 0.717) is 12.3 Å². The third kappa shape index (κ3) is 5.96. The van der Waals surface area contributed by atoms with Crippen LogP contribution in [0, 0.1) is 39.4 Å². The third-order valence-electron chi connectivity index (χ3n) is 12.9. The second-order valence-electron chi connectivity index (χ2n) is 16.2. The van der Waals surface area contributed by atoms with Crippen LogP contribution in [0.1, 0.15) is 132 Å². The van der Waals surface area contributed by atoms with Crippen molar-refractivity contribution >= 4 is 17.9 Å². The fourth-order valence-electron chi connectivity index (χ4n) is 10.5. The van der Waals surface area contributed by atoms with Crippen LogP contribution in [0.25, 0.3) is 0 Å². The number of carbonyl (C=O) groups excluding carboxylic acids is 1. The minimum absolute atomic E-state index is 0.00708. The molecule has 0 aromatic carbocycles. The Morgan fingerprint density at radius 2 is 1.63 bits per heavy atom. The van der Waals surface area contributed by atoms with Gasteiger partial charge >= 0.3 is 17.9 Å². The van der Waals surface area contributed by atoms with Crippen molar-refractivity contribution in [2.45, 2.75) is 144 Å². The first-order valence-corrected chi connectivity index (χ1v) is 16.5. The van der Waals surface area contributed by atoms with E-state index in [9.17, 15) is 24.6 Å². The smallest absolute Gasteiger partial charge is 0.309 e. The highest BCUT2D eigenvalue weighted by Crippen LogP contribution is 2.72.